The van der Waals surface area contributed by atoms with E-state index in [9.17, 15) is 4.79 Å². The molecule has 2 N–H and O–H groups in total. The van der Waals surface area contributed by atoms with Crippen molar-refractivity contribution in [1.82, 2.24) is 0 Å². The number of carbonyl (C=O) groups excluding carboxylic acids is 1. The summed E-state index contributed by atoms with van der Waals surface area (Å²) in [7, 11) is 1.60. The smallest absolute Gasteiger partial charge is 0.323 e. The minimum absolute atomic E-state index is 0.285. The number of urea groups is 1. The predicted molar refractivity (Wildman–Crippen MR) is 84.5 cm³/mol. The Morgan fingerprint density at radius 3 is 2.30 bits per heavy atom. The van der Waals surface area contributed by atoms with Crippen LogP contribution in [0.15, 0.2) is 46.9 Å². The molecule has 0 saturated carbocycles. The standard InChI is InChI=1S/C15H15BrN2O2/c1-10-7-11(16)9-13(8-10)18-15(19)17-12-3-5-14(20-2)6-4-12/h3-9H,1-2H3,(H2,17,18,19). The molecule has 0 saturated heterocycles. The second kappa shape index (κ2) is 6.43. The Hall–Kier alpha value is -2.01. The number of benzene rings is 2. The summed E-state index contributed by atoms with van der Waals surface area (Å²) in [6, 6.07) is 12.6. The fraction of sp³-hybridized carbons (Fsp3) is 0.133. The summed E-state index contributed by atoms with van der Waals surface area (Å²) in [4.78, 5) is 11.9. The van der Waals surface area contributed by atoms with Gasteiger partial charge in [-0.3, -0.25) is 0 Å². The summed E-state index contributed by atoms with van der Waals surface area (Å²) in [5.74, 6) is 0.749. The molecule has 4 nitrogen and oxygen atoms in total. The predicted octanol–water partition coefficient (Wildman–Crippen LogP) is 4.41. The number of halogens is 1. The Labute approximate surface area is 126 Å². The lowest BCUT2D eigenvalue weighted by molar-refractivity contribution is 0.262. The number of ether oxygens (including phenoxy) is 1. The van der Waals surface area contributed by atoms with Crippen molar-refractivity contribution in [2.24, 2.45) is 0 Å². The van der Waals surface area contributed by atoms with Gasteiger partial charge in [-0.25, -0.2) is 4.79 Å². The third kappa shape index (κ3) is 3.99. The van der Waals surface area contributed by atoms with Crippen LogP contribution in [-0.2, 0) is 0 Å². The van der Waals surface area contributed by atoms with Gasteiger partial charge in [0.2, 0.25) is 0 Å². The lowest BCUT2D eigenvalue weighted by atomic mass is 10.2. The molecule has 0 aliphatic heterocycles. The van der Waals surface area contributed by atoms with E-state index in [2.05, 4.69) is 26.6 Å². The Morgan fingerprint density at radius 2 is 1.70 bits per heavy atom. The number of methoxy groups -OCH3 is 1. The molecule has 0 aliphatic rings. The highest BCUT2D eigenvalue weighted by Gasteiger charge is 2.04. The molecule has 0 atom stereocenters. The van der Waals surface area contributed by atoms with Crippen molar-refractivity contribution in [3.05, 3.63) is 52.5 Å². The van der Waals surface area contributed by atoms with Crippen molar-refractivity contribution in [2.75, 3.05) is 17.7 Å². The number of rotatable bonds is 3. The molecule has 0 bridgehead atoms. The van der Waals surface area contributed by atoms with Gasteiger partial charge in [0.1, 0.15) is 5.75 Å². The Kier molecular flexibility index (Phi) is 4.63. The minimum atomic E-state index is -0.285. The van der Waals surface area contributed by atoms with E-state index in [0.29, 0.717) is 5.69 Å². The summed E-state index contributed by atoms with van der Waals surface area (Å²) in [5, 5.41) is 5.55. The lowest BCUT2D eigenvalue weighted by Gasteiger charge is -2.09. The van der Waals surface area contributed by atoms with E-state index in [4.69, 9.17) is 4.74 Å². The zero-order valence-electron chi connectivity index (χ0n) is 11.2. The number of anilines is 2. The number of hydrogen-bond donors (Lipinski definition) is 2. The van der Waals surface area contributed by atoms with Gasteiger partial charge in [0, 0.05) is 15.8 Å². The molecule has 2 aromatic rings. The van der Waals surface area contributed by atoms with Crippen LogP contribution in [0.3, 0.4) is 0 Å². The number of nitrogens with one attached hydrogen (secondary N) is 2. The summed E-state index contributed by atoms with van der Waals surface area (Å²) in [6.07, 6.45) is 0. The molecule has 5 heteroatoms. The largest absolute Gasteiger partial charge is 0.497 e. The van der Waals surface area contributed by atoms with Crippen molar-refractivity contribution >= 4 is 33.3 Å². The maximum atomic E-state index is 11.9. The normalized spacial score (nSPS) is 9.95. The number of aryl methyl sites for hydroxylation is 1. The number of hydrogen-bond acceptors (Lipinski definition) is 2. The highest BCUT2D eigenvalue weighted by molar-refractivity contribution is 9.10. The molecule has 20 heavy (non-hydrogen) atoms. The Balaban J connectivity index is 2.01. The highest BCUT2D eigenvalue weighted by Crippen LogP contribution is 2.20. The molecule has 0 fully saturated rings. The monoisotopic (exact) mass is 334 g/mol. The van der Waals surface area contributed by atoms with Gasteiger partial charge in [0.05, 0.1) is 7.11 Å². The molecule has 0 aliphatic carbocycles. The van der Waals surface area contributed by atoms with E-state index in [1.54, 1.807) is 31.4 Å². The molecule has 2 aromatic carbocycles. The first-order chi connectivity index (χ1) is 9.56. The molecular weight excluding hydrogens is 320 g/mol. The average Bonchev–Trinajstić information content (AvgIpc) is 2.38. The van der Waals surface area contributed by atoms with Gasteiger partial charge < -0.3 is 15.4 Å². The van der Waals surface area contributed by atoms with E-state index in [1.165, 1.54) is 0 Å². The second-order valence-electron chi connectivity index (χ2n) is 4.32. The van der Waals surface area contributed by atoms with Crippen molar-refractivity contribution in [3.63, 3.8) is 0 Å². The molecule has 104 valence electrons. The van der Waals surface area contributed by atoms with E-state index < -0.39 is 0 Å². The SMILES string of the molecule is COc1ccc(NC(=O)Nc2cc(C)cc(Br)c2)cc1. The van der Waals surface area contributed by atoms with Gasteiger partial charge in [0.25, 0.3) is 0 Å². The molecule has 0 radical (unpaired) electrons. The van der Waals surface area contributed by atoms with Crippen molar-refractivity contribution < 1.29 is 9.53 Å². The zero-order valence-corrected chi connectivity index (χ0v) is 12.8. The molecule has 2 amide bonds. The van der Waals surface area contributed by atoms with E-state index in [1.807, 2.05) is 25.1 Å². The average molecular weight is 335 g/mol. The van der Waals surface area contributed by atoms with Crippen LogP contribution in [0.25, 0.3) is 0 Å². The zero-order chi connectivity index (χ0) is 14.5. The summed E-state index contributed by atoms with van der Waals surface area (Å²) < 4.78 is 5.99. The highest BCUT2D eigenvalue weighted by atomic mass is 79.9. The van der Waals surface area contributed by atoms with Gasteiger partial charge in [-0.05, 0) is 55.0 Å². The second-order valence-corrected chi connectivity index (χ2v) is 5.24. The first-order valence-electron chi connectivity index (χ1n) is 6.06. The number of carbonyl (C=O) groups is 1. The topological polar surface area (TPSA) is 50.4 Å². The van der Waals surface area contributed by atoms with Crippen LogP contribution in [0.1, 0.15) is 5.56 Å². The van der Waals surface area contributed by atoms with Crippen LogP contribution >= 0.6 is 15.9 Å². The van der Waals surface area contributed by atoms with Gasteiger partial charge in [-0.15, -0.1) is 0 Å². The summed E-state index contributed by atoms with van der Waals surface area (Å²) in [5.41, 5.74) is 2.51. The maximum absolute atomic E-state index is 11.9. The van der Waals surface area contributed by atoms with E-state index in [0.717, 1.165) is 21.5 Å². The van der Waals surface area contributed by atoms with E-state index in [-0.39, 0.29) is 6.03 Å². The Morgan fingerprint density at radius 1 is 1.05 bits per heavy atom. The van der Waals surface area contributed by atoms with Gasteiger partial charge in [-0.1, -0.05) is 15.9 Å². The van der Waals surface area contributed by atoms with Crippen molar-refractivity contribution in [2.45, 2.75) is 6.92 Å². The van der Waals surface area contributed by atoms with Crippen LogP contribution in [-0.4, -0.2) is 13.1 Å². The van der Waals surface area contributed by atoms with Crippen molar-refractivity contribution in [1.29, 1.82) is 0 Å². The van der Waals surface area contributed by atoms with Crippen LogP contribution in [0.5, 0.6) is 5.75 Å². The maximum Gasteiger partial charge on any atom is 0.323 e. The number of amides is 2. The van der Waals surface area contributed by atoms with Crippen molar-refractivity contribution in [3.8, 4) is 5.75 Å². The van der Waals surface area contributed by atoms with Gasteiger partial charge in [0.15, 0.2) is 0 Å². The molecule has 2 rings (SSSR count). The third-order valence-electron chi connectivity index (χ3n) is 2.65. The fourth-order valence-electron chi connectivity index (χ4n) is 1.78. The molecule has 0 spiro atoms. The first-order valence-corrected chi connectivity index (χ1v) is 6.85. The quantitative estimate of drug-likeness (QED) is 0.873. The first kappa shape index (κ1) is 14.4. The molecule has 0 heterocycles. The molecular formula is C15H15BrN2O2. The third-order valence-corrected chi connectivity index (χ3v) is 3.11. The summed E-state index contributed by atoms with van der Waals surface area (Å²) in [6.45, 7) is 1.97. The van der Waals surface area contributed by atoms with Crippen LogP contribution in [0, 0.1) is 6.92 Å². The lowest BCUT2D eigenvalue weighted by Crippen LogP contribution is -2.19. The van der Waals surface area contributed by atoms with Crippen LogP contribution in [0.4, 0.5) is 16.2 Å². The molecule has 0 unspecified atom stereocenters. The minimum Gasteiger partial charge on any atom is -0.497 e. The van der Waals surface area contributed by atoms with Crippen LogP contribution < -0.4 is 15.4 Å². The summed E-state index contributed by atoms with van der Waals surface area (Å²) >= 11 is 3.40. The van der Waals surface area contributed by atoms with E-state index >= 15 is 0 Å². The van der Waals surface area contributed by atoms with Crippen LogP contribution in [0.2, 0.25) is 0 Å². The van der Waals surface area contributed by atoms with Gasteiger partial charge >= 0.3 is 6.03 Å². The Bertz CT molecular complexity index is 592. The van der Waals surface area contributed by atoms with Gasteiger partial charge in [-0.2, -0.15) is 0 Å². The fourth-order valence-corrected chi connectivity index (χ4v) is 2.38. The molecule has 0 aromatic heterocycles.